The Bertz CT molecular complexity index is 1670. The molecule has 4 rings (SSSR count). The number of hydrogen-bond acceptors (Lipinski definition) is 6. The van der Waals surface area contributed by atoms with Crippen LogP contribution in [-0.2, 0) is 32.6 Å². The van der Waals surface area contributed by atoms with E-state index in [9.17, 15) is 18.0 Å². The van der Waals surface area contributed by atoms with E-state index in [1.165, 1.54) is 46.3 Å². The van der Waals surface area contributed by atoms with Crippen LogP contribution in [0.1, 0.15) is 22.8 Å². The fraction of sp³-hybridized carbons (Fsp3) is 0.192. The van der Waals surface area contributed by atoms with Crippen molar-refractivity contribution in [3.63, 3.8) is 0 Å². The van der Waals surface area contributed by atoms with Gasteiger partial charge in [0.15, 0.2) is 4.80 Å². The Morgan fingerprint density at radius 2 is 1.74 bits per heavy atom. The molecule has 0 atom stereocenters. The van der Waals surface area contributed by atoms with Crippen LogP contribution in [0, 0.1) is 0 Å². The smallest absolute Gasteiger partial charge is 0.325 e. The molecule has 0 saturated carbocycles. The van der Waals surface area contributed by atoms with Crippen LogP contribution >= 0.6 is 34.5 Å². The number of ether oxygens (including phenoxy) is 1. The summed E-state index contributed by atoms with van der Waals surface area (Å²) in [6, 6.07) is 18.1. The number of fused-ring (bicyclic) bond motifs is 1. The van der Waals surface area contributed by atoms with Gasteiger partial charge in [0, 0.05) is 23.7 Å². The summed E-state index contributed by atoms with van der Waals surface area (Å²) in [5, 5.41) is 0.698. The van der Waals surface area contributed by atoms with Crippen molar-refractivity contribution >= 4 is 66.7 Å². The number of halogens is 2. The van der Waals surface area contributed by atoms with Crippen molar-refractivity contribution in [3.8, 4) is 0 Å². The molecule has 0 aliphatic rings. The van der Waals surface area contributed by atoms with Crippen molar-refractivity contribution in [1.29, 1.82) is 0 Å². The first-order chi connectivity index (χ1) is 18.1. The third-order valence-electron chi connectivity index (χ3n) is 5.70. The summed E-state index contributed by atoms with van der Waals surface area (Å²) in [7, 11) is -2.53. The van der Waals surface area contributed by atoms with Crippen molar-refractivity contribution in [2.24, 2.45) is 4.99 Å². The third-order valence-corrected chi connectivity index (χ3v) is 9.17. The summed E-state index contributed by atoms with van der Waals surface area (Å²) >= 11 is 13.6. The molecule has 4 aromatic rings. The van der Waals surface area contributed by atoms with Gasteiger partial charge in [-0.2, -0.15) is 9.30 Å². The zero-order chi connectivity index (χ0) is 27.4. The van der Waals surface area contributed by atoms with Crippen LogP contribution < -0.4 is 4.80 Å². The standard InChI is InChI=1S/C26H23Cl2N3O5S2/c1-3-30(15-17-7-5-4-6-8-17)38(34,35)20-11-9-18(10-12-20)25(33)29-26-31(16-23(32)36-2)24-21(28)13-19(27)14-22(24)37-26/h4-14H,3,15-16H2,1-2H3. The lowest BCUT2D eigenvalue weighted by Gasteiger charge is -2.20. The summed E-state index contributed by atoms with van der Waals surface area (Å²) in [6.07, 6.45) is 0. The van der Waals surface area contributed by atoms with Gasteiger partial charge in [0.2, 0.25) is 10.0 Å². The molecule has 8 nitrogen and oxygen atoms in total. The first-order valence-corrected chi connectivity index (χ1v) is 14.4. The molecule has 3 aromatic carbocycles. The zero-order valence-electron chi connectivity index (χ0n) is 20.4. The number of esters is 1. The summed E-state index contributed by atoms with van der Waals surface area (Å²) in [5.41, 5.74) is 1.55. The molecule has 0 aliphatic heterocycles. The first kappa shape index (κ1) is 28.0. The van der Waals surface area contributed by atoms with Gasteiger partial charge >= 0.3 is 5.97 Å². The topological polar surface area (TPSA) is 98.0 Å². The molecule has 1 heterocycles. The largest absolute Gasteiger partial charge is 0.468 e. The highest BCUT2D eigenvalue weighted by Gasteiger charge is 2.24. The highest BCUT2D eigenvalue weighted by atomic mass is 35.5. The SMILES string of the molecule is CCN(Cc1ccccc1)S(=O)(=O)c1ccc(C(=O)N=c2sc3cc(Cl)cc(Cl)c3n2CC(=O)OC)cc1. The molecular weight excluding hydrogens is 569 g/mol. The van der Waals surface area contributed by atoms with E-state index >= 15 is 0 Å². The van der Waals surface area contributed by atoms with Crippen molar-refractivity contribution < 1.29 is 22.7 Å². The lowest BCUT2D eigenvalue weighted by Crippen LogP contribution is -2.30. The number of carbonyl (C=O) groups excluding carboxylic acids is 2. The van der Waals surface area contributed by atoms with Gasteiger partial charge in [-0.25, -0.2) is 8.42 Å². The van der Waals surface area contributed by atoms with Crippen LogP contribution in [0.2, 0.25) is 10.0 Å². The number of methoxy groups -OCH3 is 1. The summed E-state index contributed by atoms with van der Waals surface area (Å²) in [4.78, 5) is 29.6. The number of sulfonamides is 1. The van der Waals surface area contributed by atoms with Crippen LogP contribution in [0.5, 0.6) is 0 Å². The number of aromatic nitrogens is 1. The molecule has 0 saturated heterocycles. The van der Waals surface area contributed by atoms with Crippen LogP contribution in [0.15, 0.2) is 76.6 Å². The minimum absolute atomic E-state index is 0.0656. The van der Waals surface area contributed by atoms with E-state index in [0.717, 1.165) is 16.9 Å². The molecular formula is C26H23Cl2N3O5S2. The normalized spacial score (nSPS) is 12.3. The zero-order valence-corrected chi connectivity index (χ0v) is 23.6. The number of nitrogens with zero attached hydrogens (tertiary/aromatic N) is 3. The highest BCUT2D eigenvalue weighted by molar-refractivity contribution is 7.89. The van der Waals surface area contributed by atoms with Crippen LogP contribution in [0.4, 0.5) is 0 Å². The second kappa shape index (κ2) is 11.8. The van der Waals surface area contributed by atoms with E-state index in [-0.39, 0.29) is 34.9 Å². The number of amides is 1. The lowest BCUT2D eigenvalue weighted by atomic mass is 10.2. The summed E-state index contributed by atoms with van der Waals surface area (Å²) in [6.45, 7) is 2.07. The molecule has 0 aliphatic carbocycles. The van der Waals surface area contributed by atoms with E-state index in [4.69, 9.17) is 27.9 Å². The van der Waals surface area contributed by atoms with E-state index in [1.54, 1.807) is 13.0 Å². The predicted octanol–water partition coefficient (Wildman–Crippen LogP) is 5.13. The Labute approximate surface area is 233 Å². The van der Waals surface area contributed by atoms with E-state index in [2.05, 4.69) is 4.99 Å². The van der Waals surface area contributed by atoms with Crippen molar-refractivity contribution in [2.45, 2.75) is 24.9 Å². The fourth-order valence-electron chi connectivity index (χ4n) is 3.78. The molecule has 0 spiro atoms. The quantitative estimate of drug-likeness (QED) is 0.264. The van der Waals surface area contributed by atoms with Crippen molar-refractivity contribution in [1.82, 2.24) is 8.87 Å². The molecule has 0 bridgehead atoms. The van der Waals surface area contributed by atoms with Crippen LogP contribution in [0.25, 0.3) is 10.2 Å². The number of carbonyl (C=O) groups is 2. The highest BCUT2D eigenvalue weighted by Crippen LogP contribution is 2.30. The Balaban J connectivity index is 1.66. The van der Waals surface area contributed by atoms with E-state index in [1.807, 2.05) is 30.3 Å². The molecule has 38 heavy (non-hydrogen) atoms. The van der Waals surface area contributed by atoms with Gasteiger partial charge in [-0.3, -0.25) is 9.59 Å². The third kappa shape index (κ3) is 6.00. The molecule has 0 unspecified atom stereocenters. The molecule has 1 amide bonds. The van der Waals surface area contributed by atoms with Gasteiger partial charge in [-0.05, 0) is 42.0 Å². The number of rotatable bonds is 8. The molecule has 0 radical (unpaired) electrons. The molecule has 198 valence electrons. The minimum Gasteiger partial charge on any atom is -0.468 e. The Kier molecular flexibility index (Phi) is 8.69. The number of hydrogen-bond donors (Lipinski definition) is 0. The second-order valence-corrected chi connectivity index (χ2v) is 11.9. The second-order valence-electron chi connectivity index (χ2n) is 8.14. The van der Waals surface area contributed by atoms with Crippen LogP contribution in [-0.4, -0.2) is 42.8 Å². The van der Waals surface area contributed by atoms with Gasteiger partial charge in [-0.1, -0.05) is 71.8 Å². The lowest BCUT2D eigenvalue weighted by molar-refractivity contribution is -0.141. The van der Waals surface area contributed by atoms with Crippen molar-refractivity contribution in [2.75, 3.05) is 13.7 Å². The maximum absolute atomic E-state index is 13.2. The Hall–Kier alpha value is -3.02. The van der Waals surface area contributed by atoms with Gasteiger partial charge in [0.1, 0.15) is 6.54 Å². The van der Waals surface area contributed by atoms with E-state index in [0.29, 0.717) is 20.3 Å². The first-order valence-electron chi connectivity index (χ1n) is 11.4. The minimum atomic E-state index is -3.79. The average Bonchev–Trinajstić information content (AvgIpc) is 3.23. The van der Waals surface area contributed by atoms with Gasteiger partial charge in [0.25, 0.3) is 5.91 Å². The van der Waals surface area contributed by atoms with Gasteiger partial charge in [0.05, 0.1) is 27.2 Å². The summed E-state index contributed by atoms with van der Waals surface area (Å²) in [5.74, 6) is -1.16. The van der Waals surface area contributed by atoms with Crippen molar-refractivity contribution in [3.05, 3.63) is 92.7 Å². The number of benzene rings is 3. The average molecular weight is 593 g/mol. The predicted molar refractivity (Wildman–Crippen MR) is 148 cm³/mol. The summed E-state index contributed by atoms with van der Waals surface area (Å²) < 4.78 is 34.7. The fourth-order valence-corrected chi connectivity index (χ4v) is 7.03. The molecule has 0 fully saturated rings. The van der Waals surface area contributed by atoms with E-state index < -0.39 is 21.9 Å². The molecule has 0 N–H and O–H groups in total. The van der Waals surface area contributed by atoms with Crippen LogP contribution in [0.3, 0.4) is 0 Å². The Morgan fingerprint density at radius 3 is 2.37 bits per heavy atom. The molecule has 1 aromatic heterocycles. The van der Waals surface area contributed by atoms with Gasteiger partial charge < -0.3 is 9.30 Å². The maximum atomic E-state index is 13.2. The number of thiazole rings is 1. The van der Waals surface area contributed by atoms with Gasteiger partial charge in [-0.15, -0.1) is 0 Å². The Morgan fingerprint density at radius 1 is 1.05 bits per heavy atom. The maximum Gasteiger partial charge on any atom is 0.325 e. The molecule has 12 heteroatoms. The monoisotopic (exact) mass is 591 g/mol.